The van der Waals surface area contributed by atoms with E-state index in [2.05, 4.69) is 5.32 Å². The van der Waals surface area contributed by atoms with Gasteiger partial charge in [0.15, 0.2) is 0 Å². The highest BCUT2D eigenvalue weighted by atomic mass is 32.2. The third kappa shape index (κ3) is 4.31. The van der Waals surface area contributed by atoms with Crippen LogP contribution in [0.1, 0.15) is 6.42 Å². The molecule has 0 spiro atoms. The molecule has 4 heteroatoms. The number of amides is 1. The van der Waals surface area contributed by atoms with E-state index in [0.717, 1.165) is 5.75 Å². The van der Waals surface area contributed by atoms with Crippen LogP contribution in [-0.2, 0) is 4.79 Å². The Labute approximate surface area is 123 Å². The fourth-order valence-corrected chi connectivity index (χ4v) is 2.61. The molecule has 0 unspecified atom stereocenters. The summed E-state index contributed by atoms with van der Waals surface area (Å²) in [6.45, 7) is 0. The van der Waals surface area contributed by atoms with E-state index in [-0.39, 0.29) is 5.91 Å². The smallest absolute Gasteiger partial charge is 0.225 e. The maximum atomic E-state index is 11.9. The van der Waals surface area contributed by atoms with Crippen molar-refractivity contribution < 1.29 is 9.53 Å². The lowest BCUT2D eigenvalue weighted by atomic mass is 10.3. The van der Waals surface area contributed by atoms with Gasteiger partial charge in [-0.05, 0) is 24.3 Å². The molecule has 20 heavy (non-hydrogen) atoms. The van der Waals surface area contributed by atoms with Crippen molar-refractivity contribution in [2.45, 2.75) is 11.3 Å². The third-order valence-corrected chi connectivity index (χ3v) is 3.74. The SMILES string of the molecule is COc1ccccc1NC(=O)CCSc1ccccc1. The second-order valence-electron chi connectivity index (χ2n) is 4.16. The number of ether oxygens (including phenoxy) is 1. The second-order valence-corrected chi connectivity index (χ2v) is 5.33. The summed E-state index contributed by atoms with van der Waals surface area (Å²) in [4.78, 5) is 13.1. The molecule has 0 radical (unpaired) electrons. The first-order chi connectivity index (χ1) is 9.79. The number of carbonyl (C=O) groups excluding carboxylic acids is 1. The van der Waals surface area contributed by atoms with Gasteiger partial charge in [0.2, 0.25) is 5.91 Å². The van der Waals surface area contributed by atoms with Crippen LogP contribution >= 0.6 is 11.8 Å². The zero-order valence-electron chi connectivity index (χ0n) is 11.3. The Balaban J connectivity index is 1.81. The number of para-hydroxylation sites is 2. The predicted molar refractivity (Wildman–Crippen MR) is 83.4 cm³/mol. The number of nitrogens with one attached hydrogen (secondary N) is 1. The zero-order chi connectivity index (χ0) is 14.2. The summed E-state index contributed by atoms with van der Waals surface area (Å²) >= 11 is 1.68. The molecule has 0 aliphatic carbocycles. The molecule has 0 saturated heterocycles. The monoisotopic (exact) mass is 287 g/mol. The molecule has 1 N–H and O–H groups in total. The van der Waals surface area contributed by atoms with Crippen LogP contribution in [0.25, 0.3) is 0 Å². The number of carbonyl (C=O) groups is 1. The first kappa shape index (κ1) is 14.5. The summed E-state index contributed by atoms with van der Waals surface area (Å²) in [5.41, 5.74) is 0.713. The van der Waals surface area contributed by atoms with E-state index in [4.69, 9.17) is 4.74 Å². The molecule has 0 fully saturated rings. The molecule has 0 atom stereocenters. The lowest BCUT2D eigenvalue weighted by Crippen LogP contribution is -2.12. The normalized spacial score (nSPS) is 10.1. The molecular weight excluding hydrogens is 270 g/mol. The summed E-state index contributed by atoms with van der Waals surface area (Å²) < 4.78 is 5.20. The van der Waals surface area contributed by atoms with Gasteiger partial charge in [-0.25, -0.2) is 0 Å². The maximum absolute atomic E-state index is 11.9. The van der Waals surface area contributed by atoms with Gasteiger partial charge in [0, 0.05) is 17.1 Å². The number of thioether (sulfide) groups is 1. The van der Waals surface area contributed by atoms with E-state index < -0.39 is 0 Å². The van der Waals surface area contributed by atoms with Crippen LogP contribution in [0.2, 0.25) is 0 Å². The molecule has 0 heterocycles. The van der Waals surface area contributed by atoms with E-state index in [1.54, 1.807) is 18.9 Å². The standard InChI is InChI=1S/C16H17NO2S/c1-19-15-10-6-5-9-14(15)17-16(18)11-12-20-13-7-3-2-4-8-13/h2-10H,11-12H2,1H3,(H,17,18). The minimum atomic E-state index is -0.00192. The van der Waals surface area contributed by atoms with Crippen LogP contribution in [-0.4, -0.2) is 18.8 Å². The molecule has 2 aromatic carbocycles. The van der Waals surface area contributed by atoms with Gasteiger partial charge < -0.3 is 10.1 Å². The van der Waals surface area contributed by atoms with Crippen molar-refractivity contribution in [3.8, 4) is 5.75 Å². The Morgan fingerprint density at radius 2 is 1.80 bits per heavy atom. The highest BCUT2D eigenvalue weighted by molar-refractivity contribution is 7.99. The zero-order valence-corrected chi connectivity index (χ0v) is 12.2. The summed E-state index contributed by atoms with van der Waals surface area (Å²) in [6.07, 6.45) is 0.470. The van der Waals surface area contributed by atoms with Crippen molar-refractivity contribution in [3.63, 3.8) is 0 Å². The number of benzene rings is 2. The molecule has 0 bridgehead atoms. The minimum absolute atomic E-state index is 0.00192. The number of hydrogen-bond acceptors (Lipinski definition) is 3. The van der Waals surface area contributed by atoms with Crippen LogP contribution in [0.3, 0.4) is 0 Å². The molecule has 0 aromatic heterocycles. The Morgan fingerprint density at radius 1 is 1.10 bits per heavy atom. The summed E-state index contributed by atoms with van der Waals surface area (Å²) in [6, 6.07) is 17.5. The fraction of sp³-hybridized carbons (Fsp3) is 0.188. The Morgan fingerprint density at radius 3 is 2.55 bits per heavy atom. The summed E-state index contributed by atoms with van der Waals surface area (Å²) in [7, 11) is 1.59. The Kier molecular flexibility index (Phi) is 5.50. The Hall–Kier alpha value is -1.94. The van der Waals surface area contributed by atoms with Crippen LogP contribution in [0.4, 0.5) is 5.69 Å². The van der Waals surface area contributed by atoms with Crippen LogP contribution in [0, 0.1) is 0 Å². The quantitative estimate of drug-likeness (QED) is 0.821. The summed E-state index contributed by atoms with van der Waals surface area (Å²) in [5.74, 6) is 1.43. The maximum Gasteiger partial charge on any atom is 0.225 e. The first-order valence-corrected chi connectivity index (χ1v) is 7.39. The van der Waals surface area contributed by atoms with Gasteiger partial charge in [0.25, 0.3) is 0 Å². The van der Waals surface area contributed by atoms with Gasteiger partial charge in [0.1, 0.15) is 5.75 Å². The lowest BCUT2D eigenvalue weighted by Gasteiger charge is -2.09. The van der Waals surface area contributed by atoms with E-state index in [0.29, 0.717) is 17.9 Å². The molecule has 0 saturated carbocycles. The number of rotatable bonds is 6. The van der Waals surface area contributed by atoms with Crippen LogP contribution in [0.15, 0.2) is 59.5 Å². The molecule has 1 amide bonds. The number of anilines is 1. The Bertz CT molecular complexity index is 557. The molecular formula is C16H17NO2S. The number of methoxy groups -OCH3 is 1. The highest BCUT2D eigenvalue weighted by Gasteiger charge is 2.06. The van der Waals surface area contributed by atoms with Crippen LogP contribution in [0.5, 0.6) is 5.75 Å². The average Bonchev–Trinajstić information content (AvgIpc) is 2.49. The van der Waals surface area contributed by atoms with E-state index in [1.165, 1.54) is 4.90 Å². The molecule has 104 valence electrons. The second kappa shape index (κ2) is 7.60. The van der Waals surface area contributed by atoms with E-state index in [9.17, 15) is 4.79 Å². The summed E-state index contributed by atoms with van der Waals surface area (Å²) in [5, 5.41) is 2.87. The van der Waals surface area contributed by atoms with Crippen molar-refractivity contribution >= 4 is 23.4 Å². The molecule has 0 aliphatic heterocycles. The fourth-order valence-electron chi connectivity index (χ4n) is 1.74. The first-order valence-electron chi connectivity index (χ1n) is 6.40. The predicted octanol–water partition coefficient (Wildman–Crippen LogP) is 3.82. The van der Waals surface area contributed by atoms with E-state index >= 15 is 0 Å². The van der Waals surface area contributed by atoms with Crippen molar-refractivity contribution in [1.29, 1.82) is 0 Å². The van der Waals surface area contributed by atoms with Gasteiger partial charge >= 0.3 is 0 Å². The largest absolute Gasteiger partial charge is 0.495 e. The van der Waals surface area contributed by atoms with Gasteiger partial charge in [0.05, 0.1) is 12.8 Å². The topological polar surface area (TPSA) is 38.3 Å². The molecule has 0 aliphatic rings. The van der Waals surface area contributed by atoms with E-state index in [1.807, 2.05) is 54.6 Å². The van der Waals surface area contributed by atoms with Gasteiger partial charge in [-0.3, -0.25) is 4.79 Å². The van der Waals surface area contributed by atoms with Crippen LogP contribution < -0.4 is 10.1 Å². The average molecular weight is 287 g/mol. The van der Waals surface area contributed by atoms with Crippen molar-refractivity contribution in [1.82, 2.24) is 0 Å². The van der Waals surface area contributed by atoms with Crippen molar-refractivity contribution in [3.05, 3.63) is 54.6 Å². The van der Waals surface area contributed by atoms with Gasteiger partial charge in [-0.15, -0.1) is 11.8 Å². The molecule has 2 aromatic rings. The van der Waals surface area contributed by atoms with Crippen molar-refractivity contribution in [2.24, 2.45) is 0 Å². The molecule has 2 rings (SSSR count). The third-order valence-electron chi connectivity index (χ3n) is 2.72. The van der Waals surface area contributed by atoms with Gasteiger partial charge in [-0.2, -0.15) is 0 Å². The molecule has 3 nitrogen and oxygen atoms in total. The number of hydrogen-bond donors (Lipinski definition) is 1. The minimum Gasteiger partial charge on any atom is -0.495 e. The highest BCUT2D eigenvalue weighted by Crippen LogP contribution is 2.23. The lowest BCUT2D eigenvalue weighted by molar-refractivity contribution is -0.115. The van der Waals surface area contributed by atoms with Crippen molar-refractivity contribution in [2.75, 3.05) is 18.2 Å². The van der Waals surface area contributed by atoms with Gasteiger partial charge in [-0.1, -0.05) is 30.3 Å².